The number of carbonyl (C=O) groups excluding carboxylic acids is 2. The summed E-state index contributed by atoms with van der Waals surface area (Å²) in [7, 11) is -4.01. The van der Waals surface area contributed by atoms with E-state index >= 15 is 0 Å². The van der Waals surface area contributed by atoms with Gasteiger partial charge in [-0.25, -0.2) is 0 Å². The lowest BCUT2D eigenvalue weighted by molar-refractivity contribution is -0.175. The van der Waals surface area contributed by atoms with E-state index in [-0.39, 0.29) is 18.0 Å². The van der Waals surface area contributed by atoms with E-state index in [0.29, 0.717) is 18.9 Å². The maximum absolute atomic E-state index is 12.2. The Hall–Kier alpha value is -0.950. The molecule has 26 heavy (non-hydrogen) atoms. The highest BCUT2D eigenvalue weighted by molar-refractivity contribution is 7.51. The second-order valence-corrected chi connectivity index (χ2v) is 10.2. The Labute approximate surface area is 154 Å². The first-order valence-electron chi connectivity index (χ1n) is 9.07. The summed E-state index contributed by atoms with van der Waals surface area (Å²) in [5.41, 5.74) is -0.654. The van der Waals surface area contributed by atoms with Gasteiger partial charge in [0, 0.05) is 0 Å². The minimum absolute atomic E-state index is 0.000376. The number of ether oxygens (including phenoxy) is 2. The highest BCUT2D eigenvalue weighted by atomic mass is 31.2. The molecular weight excluding hydrogens is 361 g/mol. The molecule has 0 bridgehead atoms. The fourth-order valence-electron chi connectivity index (χ4n) is 3.80. The van der Waals surface area contributed by atoms with E-state index in [1.54, 1.807) is 20.8 Å². The van der Waals surface area contributed by atoms with E-state index in [9.17, 15) is 23.9 Å². The van der Waals surface area contributed by atoms with Gasteiger partial charge >= 0.3 is 19.5 Å². The van der Waals surface area contributed by atoms with Crippen molar-refractivity contribution in [3.8, 4) is 0 Å². The van der Waals surface area contributed by atoms with Crippen molar-refractivity contribution in [1.82, 2.24) is 5.32 Å². The molecule has 4 unspecified atom stereocenters. The van der Waals surface area contributed by atoms with Crippen molar-refractivity contribution in [2.75, 3.05) is 19.5 Å². The Balaban J connectivity index is 1.80. The van der Waals surface area contributed by atoms with E-state index < -0.39 is 37.8 Å². The molecule has 4 atom stereocenters. The molecule has 0 amide bonds. The Morgan fingerprint density at radius 3 is 2.42 bits per heavy atom. The third kappa shape index (κ3) is 6.34. The van der Waals surface area contributed by atoms with E-state index in [1.807, 2.05) is 0 Å². The van der Waals surface area contributed by atoms with Crippen molar-refractivity contribution in [2.45, 2.75) is 52.5 Å². The lowest BCUT2D eigenvalue weighted by atomic mass is 9.70. The average Bonchev–Trinajstić information content (AvgIpc) is 2.51. The number of fused-ring (bicyclic) bond motifs is 1. The molecule has 3 N–H and O–H groups in total. The van der Waals surface area contributed by atoms with Gasteiger partial charge in [0.2, 0.25) is 6.79 Å². The average molecular weight is 391 g/mol. The van der Waals surface area contributed by atoms with Crippen LogP contribution in [0, 0.1) is 23.2 Å². The van der Waals surface area contributed by atoms with Crippen LogP contribution in [-0.4, -0.2) is 47.3 Å². The Bertz CT molecular complexity index is 568. The molecule has 0 radical (unpaired) electrons. The van der Waals surface area contributed by atoms with Gasteiger partial charge in [-0.3, -0.25) is 14.2 Å². The summed E-state index contributed by atoms with van der Waals surface area (Å²) in [6, 6.07) is -0.474. The second kappa shape index (κ2) is 8.38. The summed E-state index contributed by atoms with van der Waals surface area (Å²) in [5.74, 6) is -0.224. The van der Waals surface area contributed by atoms with Gasteiger partial charge in [0.1, 0.15) is 6.04 Å². The topological polar surface area (TPSA) is 122 Å². The van der Waals surface area contributed by atoms with Crippen molar-refractivity contribution in [1.29, 1.82) is 0 Å². The van der Waals surface area contributed by atoms with Gasteiger partial charge in [-0.1, -0.05) is 0 Å². The summed E-state index contributed by atoms with van der Waals surface area (Å²) in [5, 5.41) is 3.18. The first kappa shape index (κ1) is 21.4. The molecule has 1 saturated heterocycles. The van der Waals surface area contributed by atoms with Gasteiger partial charge in [-0.05, 0) is 70.8 Å². The molecule has 0 aromatic rings. The molecule has 150 valence electrons. The second-order valence-electron chi connectivity index (χ2n) is 8.51. The van der Waals surface area contributed by atoms with Gasteiger partial charge in [-0.15, -0.1) is 0 Å². The molecule has 1 aliphatic heterocycles. The zero-order valence-electron chi connectivity index (χ0n) is 15.6. The quantitative estimate of drug-likeness (QED) is 0.367. The van der Waals surface area contributed by atoms with E-state index in [1.165, 1.54) is 0 Å². The van der Waals surface area contributed by atoms with Crippen molar-refractivity contribution < 1.29 is 33.4 Å². The Morgan fingerprint density at radius 1 is 1.12 bits per heavy atom. The highest BCUT2D eigenvalue weighted by Gasteiger charge is 2.39. The molecule has 0 spiro atoms. The SMILES string of the molecule is CC(C)(C)C(=O)OCOC(=O)C1CC2CC(CP(=O)(O)O)CCC2CN1. The van der Waals surface area contributed by atoms with E-state index in [0.717, 1.165) is 19.3 Å². The van der Waals surface area contributed by atoms with E-state index in [2.05, 4.69) is 5.32 Å². The number of esters is 2. The largest absolute Gasteiger partial charge is 0.427 e. The summed E-state index contributed by atoms with van der Waals surface area (Å²) in [6.07, 6.45) is 2.94. The molecule has 8 nitrogen and oxygen atoms in total. The summed E-state index contributed by atoms with van der Waals surface area (Å²) in [4.78, 5) is 42.3. The molecule has 9 heteroatoms. The standard InChI is InChI=1S/C17H30NO7P/c1-17(2,3)16(20)25-10-24-15(19)14-7-13-6-11(9-26(21,22)23)4-5-12(13)8-18-14/h11-14,18H,4-10H2,1-3H3,(H2,21,22,23). The number of carbonyl (C=O) groups is 2. The zero-order chi connectivity index (χ0) is 19.5. The van der Waals surface area contributed by atoms with Crippen LogP contribution >= 0.6 is 7.60 Å². The van der Waals surface area contributed by atoms with Gasteiger partial charge in [0.15, 0.2) is 0 Å². The Morgan fingerprint density at radius 2 is 1.81 bits per heavy atom. The lowest BCUT2D eigenvalue weighted by Gasteiger charge is -2.42. The number of piperidine rings is 1. The van der Waals surface area contributed by atoms with Crippen LogP contribution in [0.4, 0.5) is 0 Å². The molecule has 0 aromatic heterocycles. The molecule has 2 rings (SSSR count). The van der Waals surface area contributed by atoms with Crippen LogP contribution in [0.15, 0.2) is 0 Å². The van der Waals surface area contributed by atoms with Crippen LogP contribution in [0.3, 0.4) is 0 Å². The van der Waals surface area contributed by atoms with Crippen molar-refractivity contribution in [3.05, 3.63) is 0 Å². The minimum atomic E-state index is -4.01. The maximum atomic E-state index is 12.2. The molecular formula is C17H30NO7P. The first-order chi connectivity index (χ1) is 12.0. The predicted molar refractivity (Wildman–Crippen MR) is 94.1 cm³/mol. The van der Waals surface area contributed by atoms with Gasteiger partial charge in [0.05, 0.1) is 11.6 Å². The normalized spacial score (nSPS) is 29.6. The van der Waals surface area contributed by atoms with E-state index in [4.69, 9.17) is 9.47 Å². The monoisotopic (exact) mass is 391 g/mol. The van der Waals surface area contributed by atoms with Crippen molar-refractivity contribution >= 4 is 19.5 Å². The van der Waals surface area contributed by atoms with Crippen molar-refractivity contribution in [3.63, 3.8) is 0 Å². The number of hydrogen-bond donors (Lipinski definition) is 3. The predicted octanol–water partition coefficient (Wildman–Crippen LogP) is 1.65. The third-order valence-electron chi connectivity index (χ3n) is 5.20. The third-order valence-corrected chi connectivity index (χ3v) is 6.19. The van der Waals surface area contributed by atoms with Crippen LogP contribution in [-0.2, 0) is 23.6 Å². The first-order valence-corrected chi connectivity index (χ1v) is 10.9. The smallest absolute Gasteiger partial charge is 0.326 e. The summed E-state index contributed by atoms with van der Waals surface area (Å²) < 4.78 is 21.3. The molecule has 2 aliphatic rings. The fourth-order valence-corrected chi connectivity index (χ4v) is 4.81. The molecule has 1 aliphatic carbocycles. The zero-order valence-corrected chi connectivity index (χ0v) is 16.5. The molecule has 1 heterocycles. The maximum Gasteiger partial charge on any atom is 0.326 e. The minimum Gasteiger partial charge on any atom is -0.427 e. The summed E-state index contributed by atoms with van der Waals surface area (Å²) in [6.45, 7) is 5.45. The fraction of sp³-hybridized carbons (Fsp3) is 0.882. The molecule has 2 fully saturated rings. The highest BCUT2D eigenvalue weighted by Crippen LogP contribution is 2.45. The van der Waals surface area contributed by atoms with Gasteiger partial charge in [0.25, 0.3) is 0 Å². The number of hydrogen-bond acceptors (Lipinski definition) is 6. The van der Waals surface area contributed by atoms with Crippen molar-refractivity contribution in [2.24, 2.45) is 23.2 Å². The molecule has 0 aromatic carbocycles. The van der Waals surface area contributed by atoms with Crippen LogP contribution in [0.1, 0.15) is 46.5 Å². The van der Waals surface area contributed by atoms with Crippen LogP contribution < -0.4 is 5.32 Å². The van der Waals surface area contributed by atoms with Crippen LogP contribution in [0.5, 0.6) is 0 Å². The van der Waals surface area contributed by atoms with Crippen LogP contribution in [0.25, 0.3) is 0 Å². The summed E-state index contributed by atoms with van der Waals surface area (Å²) >= 11 is 0. The number of nitrogens with one attached hydrogen (secondary N) is 1. The van der Waals surface area contributed by atoms with Gasteiger partial charge < -0.3 is 24.6 Å². The number of rotatable bonds is 5. The van der Waals surface area contributed by atoms with Gasteiger partial charge in [-0.2, -0.15) is 0 Å². The molecule has 1 saturated carbocycles. The lowest BCUT2D eigenvalue weighted by Crippen LogP contribution is -2.50. The Kier molecular flexibility index (Phi) is 6.88. The van der Waals surface area contributed by atoms with Crippen LogP contribution in [0.2, 0.25) is 0 Å².